The molecular weight excluding hydrogens is 326 g/mol. The number of ether oxygens (including phenoxy) is 1. The minimum absolute atomic E-state index is 0.526. The monoisotopic (exact) mass is 355 g/mol. The topological polar surface area (TPSA) is 21.3 Å². The number of benzene rings is 1. The second-order valence-electron chi connectivity index (χ2n) is 6.06. The average molecular weight is 356 g/mol. The fourth-order valence-corrected chi connectivity index (χ4v) is 2.51. The molecule has 0 aliphatic carbocycles. The third kappa shape index (κ3) is 8.60. The molecule has 1 rings (SSSR count). The van der Waals surface area contributed by atoms with Crippen LogP contribution in [0.3, 0.4) is 0 Å². The molecule has 1 aromatic rings. The van der Waals surface area contributed by atoms with Crippen LogP contribution in [0.4, 0.5) is 0 Å². The maximum Gasteiger partial charge on any atom is 0.0472 e. The first-order chi connectivity index (χ1) is 10.1. The van der Waals surface area contributed by atoms with Gasteiger partial charge in [-0.25, -0.2) is 0 Å². The Labute approximate surface area is 138 Å². The Balaban J connectivity index is 2.46. The summed E-state index contributed by atoms with van der Waals surface area (Å²) in [4.78, 5) is 0. The van der Waals surface area contributed by atoms with Gasteiger partial charge in [-0.3, -0.25) is 0 Å². The Morgan fingerprint density at radius 3 is 2.43 bits per heavy atom. The van der Waals surface area contributed by atoms with Crippen molar-refractivity contribution >= 4 is 15.9 Å². The van der Waals surface area contributed by atoms with Gasteiger partial charge >= 0.3 is 0 Å². The minimum atomic E-state index is 0.526. The highest BCUT2D eigenvalue weighted by molar-refractivity contribution is 9.10. The van der Waals surface area contributed by atoms with Gasteiger partial charge in [0, 0.05) is 24.2 Å². The van der Waals surface area contributed by atoms with Crippen LogP contribution < -0.4 is 5.32 Å². The van der Waals surface area contributed by atoms with Crippen LogP contribution in [-0.2, 0) is 4.74 Å². The first kappa shape index (κ1) is 18.7. The van der Waals surface area contributed by atoms with Gasteiger partial charge in [0.1, 0.15) is 0 Å². The smallest absolute Gasteiger partial charge is 0.0472 e. The fourth-order valence-electron chi connectivity index (χ4n) is 2.24. The molecule has 0 aromatic heterocycles. The molecule has 3 heteroatoms. The number of hydrogen-bond acceptors (Lipinski definition) is 2. The molecule has 0 amide bonds. The van der Waals surface area contributed by atoms with Crippen LogP contribution in [-0.4, -0.2) is 26.3 Å². The fraction of sp³-hybridized carbons (Fsp3) is 0.667. The predicted molar refractivity (Wildman–Crippen MR) is 94.9 cm³/mol. The van der Waals surface area contributed by atoms with Crippen molar-refractivity contribution in [2.24, 2.45) is 5.92 Å². The molecule has 0 aliphatic heterocycles. The van der Waals surface area contributed by atoms with E-state index < -0.39 is 0 Å². The molecule has 1 N–H and O–H groups in total. The lowest BCUT2D eigenvalue weighted by Crippen LogP contribution is -2.26. The Bertz CT molecular complexity index is 364. The van der Waals surface area contributed by atoms with Crippen molar-refractivity contribution in [2.75, 3.05) is 26.3 Å². The van der Waals surface area contributed by atoms with Crippen LogP contribution in [0.5, 0.6) is 0 Å². The third-order valence-corrected chi connectivity index (χ3v) is 4.07. The lowest BCUT2D eigenvalue weighted by molar-refractivity contribution is 0.124. The van der Waals surface area contributed by atoms with E-state index in [4.69, 9.17) is 4.74 Å². The van der Waals surface area contributed by atoms with E-state index in [2.05, 4.69) is 66.3 Å². The van der Waals surface area contributed by atoms with Crippen molar-refractivity contribution in [3.63, 3.8) is 0 Å². The quantitative estimate of drug-likeness (QED) is 0.564. The zero-order valence-electron chi connectivity index (χ0n) is 13.7. The van der Waals surface area contributed by atoms with E-state index in [1.165, 1.54) is 12.0 Å². The summed E-state index contributed by atoms with van der Waals surface area (Å²) in [6, 6.07) is 8.70. The largest absolute Gasteiger partial charge is 0.381 e. The molecule has 120 valence electrons. The van der Waals surface area contributed by atoms with E-state index in [9.17, 15) is 0 Å². The number of unbranched alkanes of at least 4 members (excludes halogenated alkanes) is 1. The third-order valence-electron chi connectivity index (χ3n) is 3.54. The van der Waals surface area contributed by atoms with E-state index in [0.717, 1.165) is 43.6 Å². The van der Waals surface area contributed by atoms with Gasteiger partial charge in [0.25, 0.3) is 0 Å². The van der Waals surface area contributed by atoms with E-state index in [-0.39, 0.29) is 0 Å². The molecule has 0 saturated heterocycles. The Morgan fingerprint density at radius 2 is 1.81 bits per heavy atom. The van der Waals surface area contributed by atoms with Crippen molar-refractivity contribution in [3.8, 4) is 0 Å². The lowest BCUT2D eigenvalue weighted by Gasteiger charge is -2.19. The highest BCUT2D eigenvalue weighted by Crippen LogP contribution is 2.21. The summed E-state index contributed by atoms with van der Waals surface area (Å²) >= 11 is 3.51. The van der Waals surface area contributed by atoms with Gasteiger partial charge in [-0.1, -0.05) is 55.3 Å². The molecule has 1 aromatic carbocycles. The Hall–Kier alpha value is -0.380. The first-order valence-corrected chi connectivity index (χ1v) is 8.96. The van der Waals surface area contributed by atoms with E-state index >= 15 is 0 Å². The van der Waals surface area contributed by atoms with Crippen LogP contribution in [0.15, 0.2) is 28.7 Å². The van der Waals surface area contributed by atoms with E-state index in [1.54, 1.807) is 0 Å². The van der Waals surface area contributed by atoms with Crippen molar-refractivity contribution in [3.05, 3.63) is 34.3 Å². The van der Waals surface area contributed by atoms with Crippen molar-refractivity contribution in [1.82, 2.24) is 5.32 Å². The van der Waals surface area contributed by atoms with Gasteiger partial charge in [0.2, 0.25) is 0 Å². The van der Waals surface area contributed by atoms with Crippen LogP contribution >= 0.6 is 15.9 Å². The highest BCUT2D eigenvalue weighted by Gasteiger charge is 2.11. The van der Waals surface area contributed by atoms with E-state index in [1.807, 2.05) is 0 Å². The average Bonchev–Trinajstić information content (AvgIpc) is 2.46. The molecule has 1 atom stereocenters. The summed E-state index contributed by atoms with van der Waals surface area (Å²) < 4.78 is 6.88. The summed E-state index contributed by atoms with van der Waals surface area (Å²) in [7, 11) is 0. The van der Waals surface area contributed by atoms with Crippen LogP contribution in [0.1, 0.15) is 51.5 Å². The molecular formula is C18H30BrNO. The molecule has 0 fully saturated rings. The predicted octanol–water partition coefficient (Wildman–Crippen LogP) is 4.99. The molecule has 0 spiro atoms. The first-order valence-electron chi connectivity index (χ1n) is 8.17. The van der Waals surface area contributed by atoms with Gasteiger partial charge in [0.05, 0.1) is 0 Å². The molecule has 0 radical (unpaired) electrons. The van der Waals surface area contributed by atoms with Gasteiger partial charge in [-0.15, -0.1) is 0 Å². The van der Waals surface area contributed by atoms with E-state index in [0.29, 0.717) is 11.8 Å². The van der Waals surface area contributed by atoms with Crippen molar-refractivity contribution in [1.29, 1.82) is 0 Å². The maximum atomic E-state index is 5.74. The molecule has 0 saturated carbocycles. The highest BCUT2D eigenvalue weighted by atomic mass is 79.9. The van der Waals surface area contributed by atoms with Gasteiger partial charge in [-0.2, -0.15) is 0 Å². The second-order valence-corrected chi connectivity index (χ2v) is 6.97. The minimum Gasteiger partial charge on any atom is -0.381 e. The van der Waals surface area contributed by atoms with Gasteiger partial charge < -0.3 is 10.1 Å². The van der Waals surface area contributed by atoms with Gasteiger partial charge in [0.15, 0.2) is 0 Å². The van der Waals surface area contributed by atoms with Crippen LogP contribution in [0.25, 0.3) is 0 Å². The molecule has 0 aliphatic rings. The standard InChI is InChI=1S/C18H30BrNO/c1-4-5-11-21-12-10-17(14-20-13-15(2)3)16-6-8-18(19)9-7-16/h6-9,15,17,20H,4-5,10-14H2,1-3H3. The number of rotatable bonds is 11. The normalized spacial score (nSPS) is 12.8. The van der Waals surface area contributed by atoms with Crippen molar-refractivity contribution in [2.45, 2.75) is 46.0 Å². The van der Waals surface area contributed by atoms with Gasteiger partial charge in [-0.05, 0) is 48.9 Å². The SMILES string of the molecule is CCCCOCCC(CNCC(C)C)c1ccc(Br)cc1. The molecule has 0 bridgehead atoms. The molecule has 0 heterocycles. The van der Waals surface area contributed by atoms with Crippen LogP contribution in [0, 0.1) is 5.92 Å². The zero-order valence-corrected chi connectivity index (χ0v) is 15.3. The number of nitrogens with one attached hydrogen (secondary N) is 1. The Kier molecular flexibility index (Phi) is 9.98. The number of hydrogen-bond donors (Lipinski definition) is 1. The van der Waals surface area contributed by atoms with Crippen molar-refractivity contribution < 1.29 is 4.74 Å². The Morgan fingerprint density at radius 1 is 1.10 bits per heavy atom. The summed E-state index contributed by atoms with van der Waals surface area (Å²) in [5.41, 5.74) is 1.40. The summed E-state index contributed by atoms with van der Waals surface area (Å²) in [5.74, 6) is 1.22. The summed E-state index contributed by atoms with van der Waals surface area (Å²) in [6.45, 7) is 10.5. The zero-order chi connectivity index (χ0) is 15.5. The number of halogens is 1. The second kappa shape index (κ2) is 11.2. The molecule has 1 unspecified atom stereocenters. The van der Waals surface area contributed by atoms with Crippen LogP contribution in [0.2, 0.25) is 0 Å². The lowest BCUT2D eigenvalue weighted by atomic mass is 9.96. The summed E-state index contributed by atoms with van der Waals surface area (Å²) in [6.07, 6.45) is 3.44. The molecule has 2 nitrogen and oxygen atoms in total. The summed E-state index contributed by atoms with van der Waals surface area (Å²) in [5, 5.41) is 3.58. The molecule has 21 heavy (non-hydrogen) atoms. The maximum absolute atomic E-state index is 5.74.